The lowest BCUT2D eigenvalue weighted by molar-refractivity contribution is 0.278. The number of hydrogen-bond acceptors (Lipinski definition) is 1. The Kier molecular flexibility index (Phi) is 4.15. The van der Waals surface area contributed by atoms with Gasteiger partial charge in [-0.15, -0.1) is 0 Å². The lowest BCUT2D eigenvalue weighted by atomic mass is 9.93. The van der Waals surface area contributed by atoms with Crippen LogP contribution in [0, 0.1) is 0 Å². The standard InChI is InChI=1S/C13H20O/c1-10(2)12-5-4-6-13(9-12)11(3)7-8-14/h4-6,9-11,14H,7-8H2,1-3H3. The summed E-state index contributed by atoms with van der Waals surface area (Å²) in [7, 11) is 0. The first kappa shape index (κ1) is 11.3. The van der Waals surface area contributed by atoms with E-state index in [1.165, 1.54) is 11.1 Å². The van der Waals surface area contributed by atoms with Gasteiger partial charge in [-0.2, -0.15) is 0 Å². The summed E-state index contributed by atoms with van der Waals surface area (Å²) in [6.45, 7) is 6.84. The van der Waals surface area contributed by atoms with E-state index in [9.17, 15) is 0 Å². The fourth-order valence-electron chi connectivity index (χ4n) is 1.58. The van der Waals surface area contributed by atoms with Gasteiger partial charge in [-0.05, 0) is 29.4 Å². The molecule has 0 aliphatic rings. The SMILES string of the molecule is CC(C)c1cccc(C(C)CCO)c1. The van der Waals surface area contributed by atoms with E-state index in [1.54, 1.807) is 0 Å². The minimum atomic E-state index is 0.271. The molecule has 0 heterocycles. The Hall–Kier alpha value is -0.820. The van der Waals surface area contributed by atoms with Crippen molar-refractivity contribution in [1.82, 2.24) is 0 Å². The van der Waals surface area contributed by atoms with Crippen LogP contribution in [0.15, 0.2) is 24.3 Å². The van der Waals surface area contributed by atoms with Crippen molar-refractivity contribution >= 4 is 0 Å². The predicted octanol–water partition coefficient (Wildman–Crippen LogP) is 3.30. The van der Waals surface area contributed by atoms with Crippen LogP contribution in [0.5, 0.6) is 0 Å². The summed E-state index contributed by atoms with van der Waals surface area (Å²) in [5.74, 6) is 1.04. The molecule has 1 heteroatoms. The molecule has 1 atom stereocenters. The molecule has 0 amide bonds. The van der Waals surface area contributed by atoms with Gasteiger partial charge in [0.15, 0.2) is 0 Å². The van der Waals surface area contributed by atoms with Crippen LogP contribution < -0.4 is 0 Å². The molecule has 0 bridgehead atoms. The topological polar surface area (TPSA) is 20.2 Å². The predicted molar refractivity (Wildman–Crippen MR) is 60.6 cm³/mol. The molecular weight excluding hydrogens is 172 g/mol. The molecule has 1 aromatic carbocycles. The third kappa shape index (κ3) is 2.85. The second-order valence-electron chi connectivity index (χ2n) is 4.24. The van der Waals surface area contributed by atoms with Gasteiger partial charge in [-0.3, -0.25) is 0 Å². The molecule has 1 aromatic rings. The van der Waals surface area contributed by atoms with Crippen LogP contribution in [-0.4, -0.2) is 11.7 Å². The lowest BCUT2D eigenvalue weighted by Crippen LogP contribution is -1.98. The average molecular weight is 192 g/mol. The molecule has 1 nitrogen and oxygen atoms in total. The van der Waals surface area contributed by atoms with Gasteiger partial charge in [0.1, 0.15) is 0 Å². The van der Waals surface area contributed by atoms with Gasteiger partial charge in [-0.1, -0.05) is 45.0 Å². The summed E-state index contributed by atoms with van der Waals surface area (Å²) in [4.78, 5) is 0. The van der Waals surface area contributed by atoms with Gasteiger partial charge in [0, 0.05) is 6.61 Å². The van der Waals surface area contributed by atoms with Crippen LogP contribution in [0.3, 0.4) is 0 Å². The molecule has 78 valence electrons. The van der Waals surface area contributed by atoms with Crippen LogP contribution in [0.1, 0.15) is 50.2 Å². The van der Waals surface area contributed by atoms with Crippen molar-refractivity contribution in [3.8, 4) is 0 Å². The minimum Gasteiger partial charge on any atom is -0.396 e. The Bertz CT molecular complexity index is 278. The molecule has 1 N–H and O–H groups in total. The normalized spacial score (nSPS) is 13.2. The molecule has 0 saturated heterocycles. The number of aliphatic hydroxyl groups excluding tert-OH is 1. The molecular formula is C13H20O. The molecule has 0 aliphatic heterocycles. The molecule has 0 saturated carbocycles. The van der Waals surface area contributed by atoms with Crippen molar-refractivity contribution in [2.75, 3.05) is 6.61 Å². The van der Waals surface area contributed by atoms with Crippen molar-refractivity contribution in [2.24, 2.45) is 0 Å². The third-order valence-electron chi connectivity index (χ3n) is 2.71. The van der Waals surface area contributed by atoms with Gasteiger partial charge in [-0.25, -0.2) is 0 Å². The van der Waals surface area contributed by atoms with Crippen molar-refractivity contribution in [3.63, 3.8) is 0 Å². The number of aliphatic hydroxyl groups is 1. The second-order valence-corrected chi connectivity index (χ2v) is 4.24. The summed E-state index contributed by atoms with van der Waals surface area (Å²) in [5.41, 5.74) is 2.72. The molecule has 1 rings (SSSR count). The van der Waals surface area contributed by atoms with E-state index in [2.05, 4.69) is 45.0 Å². The Labute approximate surface area is 86.8 Å². The van der Waals surface area contributed by atoms with Crippen molar-refractivity contribution in [2.45, 2.75) is 39.0 Å². The summed E-state index contributed by atoms with van der Waals surface area (Å²) in [5, 5.41) is 8.88. The van der Waals surface area contributed by atoms with Crippen LogP contribution >= 0.6 is 0 Å². The summed E-state index contributed by atoms with van der Waals surface area (Å²) in [6, 6.07) is 8.68. The quantitative estimate of drug-likeness (QED) is 0.776. The maximum absolute atomic E-state index is 8.88. The highest BCUT2D eigenvalue weighted by Crippen LogP contribution is 2.22. The number of benzene rings is 1. The summed E-state index contributed by atoms with van der Waals surface area (Å²) in [6.07, 6.45) is 0.849. The van der Waals surface area contributed by atoms with E-state index < -0.39 is 0 Å². The van der Waals surface area contributed by atoms with E-state index in [0.29, 0.717) is 11.8 Å². The maximum atomic E-state index is 8.88. The Morgan fingerprint density at radius 2 is 1.79 bits per heavy atom. The first-order chi connectivity index (χ1) is 6.65. The minimum absolute atomic E-state index is 0.271. The van der Waals surface area contributed by atoms with Gasteiger partial charge >= 0.3 is 0 Å². The van der Waals surface area contributed by atoms with Crippen LogP contribution in [0.4, 0.5) is 0 Å². The largest absolute Gasteiger partial charge is 0.396 e. The van der Waals surface area contributed by atoms with Gasteiger partial charge in [0.25, 0.3) is 0 Å². The van der Waals surface area contributed by atoms with Crippen LogP contribution in [-0.2, 0) is 0 Å². The van der Waals surface area contributed by atoms with Crippen molar-refractivity contribution in [3.05, 3.63) is 35.4 Å². The highest BCUT2D eigenvalue weighted by atomic mass is 16.3. The first-order valence-electron chi connectivity index (χ1n) is 5.36. The van der Waals surface area contributed by atoms with Crippen LogP contribution in [0.25, 0.3) is 0 Å². The second kappa shape index (κ2) is 5.16. The van der Waals surface area contributed by atoms with Gasteiger partial charge in [0.05, 0.1) is 0 Å². The molecule has 0 radical (unpaired) electrons. The third-order valence-corrected chi connectivity index (χ3v) is 2.71. The maximum Gasteiger partial charge on any atom is 0.0436 e. The zero-order chi connectivity index (χ0) is 10.6. The monoisotopic (exact) mass is 192 g/mol. The Morgan fingerprint density at radius 3 is 2.36 bits per heavy atom. The van der Waals surface area contributed by atoms with Crippen LogP contribution in [0.2, 0.25) is 0 Å². The first-order valence-corrected chi connectivity index (χ1v) is 5.36. The van der Waals surface area contributed by atoms with Gasteiger partial charge in [0.2, 0.25) is 0 Å². The summed E-state index contributed by atoms with van der Waals surface area (Å²) < 4.78 is 0. The highest BCUT2D eigenvalue weighted by Gasteiger charge is 2.06. The van der Waals surface area contributed by atoms with E-state index in [-0.39, 0.29) is 6.61 Å². The number of hydrogen-bond donors (Lipinski definition) is 1. The molecule has 0 aliphatic carbocycles. The fourth-order valence-corrected chi connectivity index (χ4v) is 1.58. The Balaban J connectivity index is 2.82. The van der Waals surface area contributed by atoms with Crippen molar-refractivity contribution < 1.29 is 5.11 Å². The number of rotatable bonds is 4. The van der Waals surface area contributed by atoms with E-state index in [4.69, 9.17) is 5.11 Å². The zero-order valence-corrected chi connectivity index (χ0v) is 9.33. The highest BCUT2D eigenvalue weighted by molar-refractivity contribution is 5.27. The average Bonchev–Trinajstić information content (AvgIpc) is 2.18. The summed E-state index contributed by atoms with van der Waals surface area (Å²) >= 11 is 0. The zero-order valence-electron chi connectivity index (χ0n) is 9.33. The smallest absolute Gasteiger partial charge is 0.0436 e. The lowest BCUT2D eigenvalue weighted by Gasteiger charge is -2.13. The molecule has 0 fully saturated rings. The van der Waals surface area contributed by atoms with Crippen molar-refractivity contribution in [1.29, 1.82) is 0 Å². The molecule has 14 heavy (non-hydrogen) atoms. The molecule has 1 unspecified atom stereocenters. The van der Waals surface area contributed by atoms with E-state index in [0.717, 1.165) is 6.42 Å². The fraction of sp³-hybridized carbons (Fsp3) is 0.538. The molecule has 0 spiro atoms. The van der Waals surface area contributed by atoms with E-state index in [1.807, 2.05) is 0 Å². The molecule has 0 aromatic heterocycles. The van der Waals surface area contributed by atoms with Gasteiger partial charge < -0.3 is 5.11 Å². The Morgan fingerprint density at radius 1 is 1.14 bits per heavy atom. The van der Waals surface area contributed by atoms with E-state index >= 15 is 0 Å².